The minimum atomic E-state index is -1.00. The van der Waals surface area contributed by atoms with E-state index in [1.807, 2.05) is 25.3 Å². The number of H-pyrrole nitrogens is 1. The highest BCUT2D eigenvalue weighted by Crippen LogP contribution is 2.38. The molecule has 4 bridgehead atoms. The SMILES string of the molecule is CC(C)(O)COc1cc(Br)c2c(C#N)cnn2c1.CCOc1ncc(CN2C3CC2CN(c2ccn(-c4cc(OCC(C)(C)O)cn5ncc(C#N)c45)n2)C3)cc1F.CCOc1ncc(CN2C3CC2CN(c2ccn[nH]2)C3)cc1F. The molecule has 81 heavy (non-hydrogen) atoms. The lowest BCUT2D eigenvalue weighted by Gasteiger charge is -2.56. The van der Waals surface area contributed by atoms with Crippen LogP contribution in [0.5, 0.6) is 23.3 Å². The summed E-state index contributed by atoms with van der Waals surface area (Å²) in [6, 6.07) is 16.5. The molecular formula is C56H63BrF2N16O6. The van der Waals surface area contributed by atoms with Crippen LogP contribution in [-0.2, 0) is 13.1 Å². The molecule has 424 valence electrons. The highest BCUT2D eigenvalue weighted by Gasteiger charge is 2.46. The molecule has 6 aliphatic heterocycles. The van der Waals surface area contributed by atoms with Gasteiger partial charge in [-0.15, -0.1) is 0 Å². The summed E-state index contributed by atoms with van der Waals surface area (Å²) in [6.45, 7) is 16.3. The molecule has 0 saturated carbocycles. The number of hydrogen-bond acceptors (Lipinski definition) is 18. The maximum absolute atomic E-state index is 14.3. The number of aromatic nitrogens is 10. The first-order chi connectivity index (χ1) is 38.9. The molecule has 0 amide bonds. The van der Waals surface area contributed by atoms with Crippen LogP contribution in [0.4, 0.5) is 20.4 Å². The Morgan fingerprint density at radius 1 is 0.691 bits per heavy atom. The first-order valence-corrected chi connectivity index (χ1v) is 27.5. The molecule has 6 fully saturated rings. The van der Waals surface area contributed by atoms with Crippen LogP contribution in [0.2, 0.25) is 0 Å². The predicted octanol–water partition coefficient (Wildman–Crippen LogP) is 6.86. The van der Waals surface area contributed by atoms with Crippen molar-refractivity contribution >= 4 is 38.6 Å². The topological polar surface area (TPSA) is 245 Å². The maximum atomic E-state index is 14.3. The summed E-state index contributed by atoms with van der Waals surface area (Å²) in [7, 11) is 0. The summed E-state index contributed by atoms with van der Waals surface area (Å²) >= 11 is 3.38. The van der Waals surface area contributed by atoms with Gasteiger partial charge < -0.3 is 39.0 Å². The smallest absolute Gasteiger partial charge is 0.250 e. The summed E-state index contributed by atoms with van der Waals surface area (Å²) in [6.07, 6.45) is 15.7. The molecule has 8 aromatic rings. The van der Waals surface area contributed by atoms with Crippen LogP contribution in [0.3, 0.4) is 0 Å². The second-order valence-corrected chi connectivity index (χ2v) is 22.5. The van der Waals surface area contributed by atoms with Crippen molar-refractivity contribution in [3.05, 3.63) is 124 Å². The number of halogens is 3. The molecule has 0 radical (unpaired) electrons. The Bertz CT molecular complexity index is 3560. The Labute approximate surface area is 474 Å². The van der Waals surface area contributed by atoms with E-state index in [1.54, 1.807) is 97.5 Å². The highest BCUT2D eigenvalue weighted by molar-refractivity contribution is 9.10. The number of ether oxygens (including phenoxy) is 4. The summed E-state index contributed by atoms with van der Waals surface area (Å²) < 4.78 is 55.5. The van der Waals surface area contributed by atoms with Gasteiger partial charge in [-0.05, 0) is 99.6 Å². The molecule has 14 rings (SSSR count). The fourth-order valence-electron chi connectivity index (χ4n) is 10.5. The molecule has 0 spiro atoms. The minimum Gasteiger partial charge on any atom is -0.489 e. The van der Waals surface area contributed by atoms with Gasteiger partial charge in [-0.25, -0.2) is 32.5 Å². The van der Waals surface area contributed by atoms with Crippen LogP contribution >= 0.6 is 15.9 Å². The van der Waals surface area contributed by atoms with Crippen molar-refractivity contribution in [2.45, 2.75) is 103 Å². The highest BCUT2D eigenvalue weighted by atomic mass is 79.9. The number of nitrogens with zero attached hydrogens (tertiary/aromatic N) is 15. The van der Waals surface area contributed by atoms with Crippen LogP contribution in [0.25, 0.3) is 16.7 Å². The van der Waals surface area contributed by atoms with Crippen molar-refractivity contribution in [3.63, 3.8) is 0 Å². The number of pyridine rings is 4. The van der Waals surface area contributed by atoms with E-state index in [9.17, 15) is 24.3 Å². The van der Waals surface area contributed by atoms with Gasteiger partial charge in [0.05, 0.1) is 77.7 Å². The van der Waals surface area contributed by atoms with Crippen molar-refractivity contribution in [1.82, 2.24) is 59.0 Å². The molecule has 6 aliphatic rings. The lowest BCUT2D eigenvalue weighted by molar-refractivity contribution is -0.00888. The zero-order chi connectivity index (χ0) is 57.2. The zero-order valence-electron chi connectivity index (χ0n) is 45.7. The normalized spacial score (nSPS) is 18.6. The van der Waals surface area contributed by atoms with Crippen LogP contribution < -0.4 is 28.7 Å². The lowest BCUT2D eigenvalue weighted by atomic mass is 9.87. The van der Waals surface area contributed by atoms with E-state index in [0.717, 1.165) is 66.4 Å². The molecule has 3 N–H and O–H groups in total. The van der Waals surface area contributed by atoms with Gasteiger partial charge in [-0.1, -0.05) is 0 Å². The fraction of sp³-hybridized carbons (Fsp3) is 0.429. The predicted molar refractivity (Wildman–Crippen MR) is 297 cm³/mol. The molecule has 8 aromatic heterocycles. The van der Waals surface area contributed by atoms with E-state index >= 15 is 0 Å². The Morgan fingerprint density at radius 3 is 1.68 bits per heavy atom. The van der Waals surface area contributed by atoms with Crippen molar-refractivity contribution in [2.24, 2.45) is 0 Å². The third-order valence-corrected chi connectivity index (χ3v) is 14.8. The first-order valence-electron chi connectivity index (χ1n) is 26.7. The monoisotopic (exact) mass is 1170 g/mol. The van der Waals surface area contributed by atoms with Crippen molar-refractivity contribution in [1.29, 1.82) is 10.5 Å². The summed E-state index contributed by atoms with van der Waals surface area (Å²) in [5, 5.41) is 58.6. The average Bonchev–Trinajstić information content (AvgIpc) is 4.30. The molecule has 0 aromatic carbocycles. The summed E-state index contributed by atoms with van der Waals surface area (Å²) in [5.74, 6) is 2.31. The van der Waals surface area contributed by atoms with Gasteiger partial charge in [0.25, 0.3) is 0 Å². The van der Waals surface area contributed by atoms with E-state index in [2.05, 4.69) is 78.0 Å². The Balaban J connectivity index is 0.000000151. The average molecular weight is 1170 g/mol. The quantitative estimate of drug-likeness (QED) is 0.0843. The van der Waals surface area contributed by atoms with Gasteiger partial charge in [0.15, 0.2) is 17.5 Å². The summed E-state index contributed by atoms with van der Waals surface area (Å²) in [4.78, 5) is 17.6. The Morgan fingerprint density at radius 2 is 1.20 bits per heavy atom. The molecule has 4 atom stereocenters. The molecule has 22 nitrogen and oxygen atoms in total. The van der Waals surface area contributed by atoms with Crippen LogP contribution in [0.15, 0.2) is 90.4 Å². The van der Waals surface area contributed by atoms with Gasteiger partial charge >= 0.3 is 0 Å². The molecular weight excluding hydrogens is 1110 g/mol. The second-order valence-electron chi connectivity index (χ2n) is 21.6. The standard InChI is InChI=1S/C28H31FN8O3.C16H20FN5O.C12H12BrN3O2/c1-4-39-27-23(29)7-18(11-31-27)13-35-20-8-21(35)15-34(14-20)25-5-6-36(33-25)24-9-22(40-17-28(2,3)38)16-37-26(24)19(10-30)12-32-37;1-2-23-16-14(17)5-11(7-18-16)8-22-12-6-13(22)10-21(9-12)15-3-4-19-20-15;1-12(2,17)7-18-9-3-10(13)11-8(4-14)5-15-16(11)6-9/h5-7,9,11-12,16,20-21,38H,4,8,13-15,17H2,1-3H3;3-5,7,12-13H,2,6,8-10H2,1H3,(H,19,20);3,5-6,17H,7H2,1-2H3. The molecule has 4 unspecified atom stereocenters. The number of piperidine rings is 2. The number of hydrogen-bond donors (Lipinski definition) is 3. The van der Waals surface area contributed by atoms with E-state index in [4.69, 9.17) is 29.3 Å². The number of aliphatic hydroxyl groups is 2. The number of aromatic amines is 1. The third kappa shape index (κ3) is 12.8. The van der Waals surface area contributed by atoms with Crippen molar-refractivity contribution in [2.75, 3.05) is 62.4 Å². The number of fused-ring (bicyclic) bond motifs is 6. The number of nitrogens with one attached hydrogen (secondary N) is 1. The lowest BCUT2D eigenvalue weighted by Crippen LogP contribution is -2.68. The zero-order valence-corrected chi connectivity index (χ0v) is 47.3. The molecule has 6 saturated heterocycles. The van der Waals surface area contributed by atoms with E-state index in [0.29, 0.717) is 83.3 Å². The number of rotatable bonds is 17. The Hall–Kier alpha value is -7.94. The molecule has 0 aliphatic carbocycles. The van der Waals surface area contributed by atoms with Crippen LogP contribution in [0.1, 0.15) is 76.6 Å². The van der Waals surface area contributed by atoms with Crippen LogP contribution in [-0.4, -0.2) is 157 Å². The van der Waals surface area contributed by atoms with E-state index in [-0.39, 0.29) is 30.8 Å². The van der Waals surface area contributed by atoms with Gasteiger partial charge in [-0.3, -0.25) is 14.9 Å². The fourth-order valence-corrected chi connectivity index (χ4v) is 11.1. The largest absolute Gasteiger partial charge is 0.489 e. The molecule has 14 heterocycles. The Kier molecular flexibility index (Phi) is 16.4. The minimum absolute atomic E-state index is 0.0428. The van der Waals surface area contributed by atoms with Crippen LogP contribution in [0, 0.1) is 34.3 Å². The third-order valence-electron chi connectivity index (χ3n) is 14.2. The van der Waals surface area contributed by atoms with E-state index < -0.39 is 17.0 Å². The van der Waals surface area contributed by atoms with Gasteiger partial charge in [0.1, 0.15) is 48.2 Å². The van der Waals surface area contributed by atoms with Gasteiger partial charge in [0, 0.05) is 105 Å². The summed E-state index contributed by atoms with van der Waals surface area (Å²) in [5.41, 5.74) is 2.73. The van der Waals surface area contributed by atoms with Crippen molar-refractivity contribution in [3.8, 4) is 41.1 Å². The second kappa shape index (κ2) is 23.6. The van der Waals surface area contributed by atoms with E-state index in [1.165, 1.54) is 24.9 Å². The number of anilines is 2. The first kappa shape index (κ1) is 56.3. The van der Waals surface area contributed by atoms with Gasteiger partial charge in [0.2, 0.25) is 11.8 Å². The molecule has 25 heteroatoms. The number of piperazine rings is 2. The maximum Gasteiger partial charge on any atom is 0.250 e. The van der Waals surface area contributed by atoms with Gasteiger partial charge in [-0.2, -0.15) is 30.9 Å². The van der Waals surface area contributed by atoms with Crippen molar-refractivity contribution < 1.29 is 37.9 Å². The number of nitriles is 2.